The van der Waals surface area contributed by atoms with Crippen LogP contribution >= 0.6 is 0 Å². The van der Waals surface area contributed by atoms with Gasteiger partial charge < -0.3 is 5.32 Å². The first-order valence-electron chi connectivity index (χ1n) is 4.13. The lowest BCUT2D eigenvalue weighted by Crippen LogP contribution is -2.02. The average Bonchev–Trinajstić information content (AvgIpc) is 2.54. The lowest BCUT2D eigenvalue weighted by Gasteiger charge is -2.07. The molecule has 0 saturated carbocycles. The van der Waals surface area contributed by atoms with Crippen molar-refractivity contribution in [3.63, 3.8) is 0 Å². The van der Waals surface area contributed by atoms with E-state index >= 15 is 0 Å². The smallest absolute Gasteiger partial charge is 0.199 e. The van der Waals surface area contributed by atoms with Crippen LogP contribution in [0.15, 0.2) is 0 Å². The molecular formula is C9H7F4N. The van der Waals surface area contributed by atoms with E-state index in [1.165, 1.54) is 0 Å². The minimum Gasteiger partial charge on any atom is -0.382 e. The van der Waals surface area contributed by atoms with Gasteiger partial charge in [0.25, 0.3) is 0 Å². The Morgan fingerprint density at radius 2 is 1.57 bits per heavy atom. The van der Waals surface area contributed by atoms with Gasteiger partial charge in [-0.15, -0.1) is 0 Å². The molecule has 1 unspecified atom stereocenters. The van der Waals surface area contributed by atoms with Crippen LogP contribution in [0.3, 0.4) is 0 Å². The molecule has 0 aromatic heterocycles. The van der Waals surface area contributed by atoms with E-state index < -0.39 is 23.3 Å². The van der Waals surface area contributed by atoms with E-state index in [0.717, 1.165) is 0 Å². The summed E-state index contributed by atoms with van der Waals surface area (Å²) in [5.41, 5.74) is -0.365. The second-order valence-corrected chi connectivity index (χ2v) is 3.33. The molecule has 0 spiro atoms. The van der Waals surface area contributed by atoms with Crippen LogP contribution in [-0.4, -0.2) is 6.54 Å². The van der Waals surface area contributed by atoms with Crippen molar-refractivity contribution in [3.8, 4) is 0 Å². The highest BCUT2D eigenvalue weighted by Crippen LogP contribution is 2.37. The number of hydrogen-bond donors (Lipinski definition) is 1. The van der Waals surface area contributed by atoms with Crippen LogP contribution in [-0.2, 0) is 0 Å². The molecule has 1 atom stereocenters. The lowest BCUT2D eigenvalue weighted by atomic mass is 10.0. The van der Waals surface area contributed by atoms with E-state index in [4.69, 9.17) is 0 Å². The summed E-state index contributed by atoms with van der Waals surface area (Å²) in [7, 11) is 0. The summed E-state index contributed by atoms with van der Waals surface area (Å²) in [4.78, 5) is 0. The summed E-state index contributed by atoms with van der Waals surface area (Å²) < 4.78 is 51.8. The van der Waals surface area contributed by atoms with Crippen LogP contribution in [0.5, 0.6) is 0 Å². The van der Waals surface area contributed by atoms with Gasteiger partial charge in [-0.2, -0.15) is 0 Å². The second kappa shape index (κ2) is 2.87. The summed E-state index contributed by atoms with van der Waals surface area (Å²) in [6.07, 6.45) is 0. The predicted octanol–water partition coefficient (Wildman–Crippen LogP) is 2.77. The Labute approximate surface area is 77.7 Å². The molecule has 0 amide bonds. The van der Waals surface area contributed by atoms with Crippen molar-refractivity contribution in [1.82, 2.24) is 0 Å². The standard InChI is InChI=1S/C9H7F4N/c1-3-2-14-9-4(3)5(10)6(11)7(12)8(9)13/h3,14H,2H2,1H3. The number of nitrogens with one attached hydrogen (secondary N) is 1. The molecule has 1 N–H and O–H groups in total. The van der Waals surface area contributed by atoms with Gasteiger partial charge in [0.2, 0.25) is 0 Å². The van der Waals surface area contributed by atoms with E-state index in [0.29, 0.717) is 0 Å². The summed E-state index contributed by atoms with van der Waals surface area (Å²) in [6.45, 7) is 1.89. The summed E-state index contributed by atoms with van der Waals surface area (Å²) in [5, 5.41) is 2.51. The van der Waals surface area contributed by atoms with Crippen molar-refractivity contribution in [1.29, 1.82) is 0 Å². The Kier molecular flexibility index (Phi) is 1.90. The molecule has 0 aliphatic carbocycles. The van der Waals surface area contributed by atoms with E-state index in [1.54, 1.807) is 6.92 Å². The van der Waals surface area contributed by atoms with Crippen LogP contribution in [0.25, 0.3) is 0 Å². The highest BCUT2D eigenvalue weighted by Gasteiger charge is 2.31. The molecule has 2 rings (SSSR count). The minimum absolute atomic E-state index is 0.110. The first-order valence-corrected chi connectivity index (χ1v) is 4.13. The maximum atomic E-state index is 13.2. The van der Waals surface area contributed by atoms with Crippen molar-refractivity contribution >= 4 is 5.69 Å². The number of hydrogen-bond acceptors (Lipinski definition) is 1. The normalized spacial score (nSPS) is 19.4. The minimum atomic E-state index is -1.76. The Hall–Kier alpha value is -1.26. The third kappa shape index (κ3) is 1.01. The van der Waals surface area contributed by atoms with Gasteiger partial charge in [0.05, 0.1) is 5.69 Å². The lowest BCUT2D eigenvalue weighted by molar-refractivity contribution is 0.406. The largest absolute Gasteiger partial charge is 0.382 e. The molecule has 1 aromatic carbocycles. The molecule has 1 nitrogen and oxygen atoms in total. The molecule has 14 heavy (non-hydrogen) atoms. The van der Waals surface area contributed by atoms with E-state index in [-0.39, 0.29) is 23.7 Å². The summed E-state index contributed by atoms with van der Waals surface area (Å²) >= 11 is 0. The summed E-state index contributed by atoms with van der Waals surface area (Å²) in [5.74, 6) is -6.49. The van der Waals surface area contributed by atoms with Crippen molar-refractivity contribution in [2.45, 2.75) is 12.8 Å². The molecule has 0 saturated heterocycles. The van der Waals surface area contributed by atoms with Crippen molar-refractivity contribution in [2.75, 3.05) is 11.9 Å². The number of fused-ring (bicyclic) bond motifs is 1. The van der Waals surface area contributed by atoms with Crippen LogP contribution < -0.4 is 5.32 Å². The van der Waals surface area contributed by atoms with Gasteiger partial charge in [-0.1, -0.05) is 6.92 Å². The highest BCUT2D eigenvalue weighted by molar-refractivity contribution is 5.59. The van der Waals surface area contributed by atoms with E-state index in [9.17, 15) is 17.6 Å². The maximum Gasteiger partial charge on any atom is 0.199 e. The number of anilines is 1. The molecule has 76 valence electrons. The van der Waals surface area contributed by atoms with Crippen molar-refractivity contribution in [2.24, 2.45) is 0 Å². The second-order valence-electron chi connectivity index (χ2n) is 3.33. The average molecular weight is 205 g/mol. The number of rotatable bonds is 0. The predicted molar refractivity (Wildman–Crippen MR) is 43.2 cm³/mol. The molecular weight excluding hydrogens is 198 g/mol. The molecule has 1 heterocycles. The maximum absolute atomic E-state index is 13.2. The Balaban J connectivity index is 2.77. The van der Waals surface area contributed by atoms with Crippen molar-refractivity contribution < 1.29 is 17.6 Å². The van der Waals surface area contributed by atoms with Gasteiger partial charge in [-0.05, 0) is 0 Å². The van der Waals surface area contributed by atoms with Crippen LogP contribution in [0.1, 0.15) is 18.4 Å². The monoisotopic (exact) mass is 205 g/mol. The van der Waals surface area contributed by atoms with Gasteiger partial charge in [-0.3, -0.25) is 0 Å². The van der Waals surface area contributed by atoms with Gasteiger partial charge in [-0.25, -0.2) is 17.6 Å². The van der Waals surface area contributed by atoms with Crippen LogP contribution in [0.4, 0.5) is 23.2 Å². The SMILES string of the molecule is CC1CNc2c(F)c(F)c(F)c(F)c21. The van der Waals surface area contributed by atoms with E-state index in [2.05, 4.69) is 5.32 Å². The zero-order valence-electron chi connectivity index (χ0n) is 7.30. The molecule has 1 aliphatic rings. The fraction of sp³-hybridized carbons (Fsp3) is 0.333. The molecule has 0 radical (unpaired) electrons. The van der Waals surface area contributed by atoms with Crippen LogP contribution in [0.2, 0.25) is 0 Å². The molecule has 0 bridgehead atoms. The molecule has 1 aromatic rings. The number of benzene rings is 1. The summed E-state index contributed by atoms with van der Waals surface area (Å²) in [6, 6.07) is 0. The molecule has 0 fully saturated rings. The Morgan fingerprint density at radius 1 is 1.00 bits per heavy atom. The van der Waals surface area contributed by atoms with Gasteiger partial charge in [0.1, 0.15) is 0 Å². The van der Waals surface area contributed by atoms with Crippen LogP contribution in [0, 0.1) is 23.3 Å². The molecule has 1 aliphatic heterocycles. The van der Waals surface area contributed by atoms with Crippen molar-refractivity contribution in [3.05, 3.63) is 28.8 Å². The zero-order chi connectivity index (χ0) is 10.5. The molecule has 5 heteroatoms. The first kappa shape index (κ1) is 9.30. The van der Waals surface area contributed by atoms with Gasteiger partial charge in [0.15, 0.2) is 23.3 Å². The Morgan fingerprint density at radius 3 is 2.21 bits per heavy atom. The Bertz CT molecular complexity index is 403. The van der Waals surface area contributed by atoms with E-state index in [1.807, 2.05) is 0 Å². The highest BCUT2D eigenvalue weighted by atomic mass is 19.2. The fourth-order valence-corrected chi connectivity index (χ4v) is 1.64. The number of halogens is 4. The fourth-order valence-electron chi connectivity index (χ4n) is 1.64. The van der Waals surface area contributed by atoms with Gasteiger partial charge >= 0.3 is 0 Å². The first-order chi connectivity index (χ1) is 6.54. The quantitative estimate of drug-likeness (QED) is 0.390. The third-order valence-corrected chi connectivity index (χ3v) is 2.38. The zero-order valence-corrected chi connectivity index (χ0v) is 7.30. The topological polar surface area (TPSA) is 12.0 Å². The van der Waals surface area contributed by atoms with Gasteiger partial charge in [0, 0.05) is 18.0 Å². The third-order valence-electron chi connectivity index (χ3n) is 2.38.